The lowest BCUT2D eigenvalue weighted by Gasteiger charge is -2.24. The molecule has 0 radical (unpaired) electrons. The summed E-state index contributed by atoms with van der Waals surface area (Å²) >= 11 is 0. The Morgan fingerprint density at radius 1 is 1.32 bits per heavy atom. The van der Waals surface area contributed by atoms with Crippen LogP contribution in [0, 0.1) is 0 Å². The van der Waals surface area contributed by atoms with Gasteiger partial charge in [-0.3, -0.25) is 9.59 Å². The van der Waals surface area contributed by atoms with E-state index in [0.29, 0.717) is 13.0 Å². The van der Waals surface area contributed by atoms with E-state index in [4.69, 9.17) is 10.8 Å². The predicted octanol–water partition coefficient (Wildman–Crippen LogP) is 0.537. The maximum atomic E-state index is 11.9. The fourth-order valence-electron chi connectivity index (χ4n) is 1.56. The average Bonchev–Trinajstić information content (AvgIpc) is 2.32. The van der Waals surface area contributed by atoms with Crippen molar-refractivity contribution in [1.29, 1.82) is 0 Å². The van der Waals surface area contributed by atoms with Crippen molar-refractivity contribution in [2.45, 2.75) is 45.6 Å². The molecule has 0 rings (SSSR count). The molecule has 0 aromatic carbocycles. The summed E-state index contributed by atoms with van der Waals surface area (Å²) in [6.07, 6.45) is 2.02. The molecule has 0 aliphatic carbocycles. The van der Waals surface area contributed by atoms with E-state index in [1.54, 1.807) is 6.92 Å². The Hall–Kier alpha value is -1.79. The van der Waals surface area contributed by atoms with Crippen molar-refractivity contribution in [1.82, 2.24) is 10.2 Å². The first-order valence-electron chi connectivity index (χ1n) is 6.46. The minimum Gasteiger partial charge on any atom is -0.481 e. The van der Waals surface area contributed by atoms with E-state index >= 15 is 0 Å². The van der Waals surface area contributed by atoms with Crippen molar-refractivity contribution in [2.75, 3.05) is 13.1 Å². The smallest absolute Gasteiger partial charge is 0.318 e. The van der Waals surface area contributed by atoms with Crippen molar-refractivity contribution >= 4 is 17.9 Å². The molecule has 7 nitrogen and oxygen atoms in total. The van der Waals surface area contributed by atoms with Gasteiger partial charge in [-0.25, -0.2) is 4.79 Å². The molecule has 1 unspecified atom stereocenters. The molecular weight excluding hydrogens is 250 g/mol. The molecule has 7 heteroatoms. The summed E-state index contributed by atoms with van der Waals surface area (Å²) in [7, 11) is 0. The molecule has 110 valence electrons. The van der Waals surface area contributed by atoms with Gasteiger partial charge >= 0.3 is 12.0 Å². The Kier molecular flexibility index (Phi) is 8.32. The second-order valence-electron chi connectivity index (χ2n) is 4.39. The molecule has 3 amide bonds. The molecule has 0 aliphatic heterocycles. The summed E-state index contributed by atoms with van der Waals surface area (Å²) in [5.74, 6) is -1.56. The SMILES string of the molecule is CCCCN(CC(N)=O)C(=O)NC(CC)CC(=O)O. The zero-order valence-electron chi connectivity index (χ0n) is 11.5. The van der Waals surface area contributed by atoms with Crippen LogP contribution >= 0.6 is 0 Å². The number of unbranched alkanes of at least 4 members (excludes halogenated alkanes) is 1. The monoisotopic (exact) mass is 273 g/mol. The number of urea groups is 1. The van der Waals surface area contributed by atoms with Gasteiger partial charge in [0.1, 0.15) is 6.54 Å². The van der Waals surface area contributed by atoms with Crippen LogP contribution in [0.2, 0.25) is 0 Å². The minimum absolute atomic E-state index is 0.138. The van der Waals surface area contributed by atoms with E-state index in [-0.39, 0.29) is 13.0 Å². The standard InChI is InChI=1S/C12H23N3O4/c1-3-5-6-15(8-10(13)16)12(19)14-9(4-2)7-11(17)18/h9H,3-8H2,1-2H3,(H2,13,16)(H,14,19)(H,17,18). The van der Waals surface area contributed by atoms with Gasteiger partial charge in [0.15, 0.2) is 0 Å². The minimum atomic E-state index is -0.970. The topological polar surface area (TPSA) is 113 Å². The Bertz CT molecular complexity index is 320. The fourth-order valence-corrected chi connectivity index (χ4v) is 1.56. The number of carboxylic acid groups (broad SMARTS) is 1. The number of primary amides is 1. The number of aliphatic carboxylic acids is 1. The van der Waals surface area contributed by atoms with Crippen molar-refractivity contribution in [3.05, 3.63) is 0 Å². The Morgan fingerprint density at radius 2 is 1.95 bits per heavy atom. The summed E-state index contributed by atoms with van der Waals surface area (Å²) in [6.45, 7) is 4.03. The lowest BCUT2D eigenvalue weighted by atomic mass is 10.1. The Morgan fingerprint density at radius 3 is 2.37 bits per heavy atom. The van der Waals surface area contributed by atoms with Crippen LogP contribution in [0.25, 0.3) is 0 Å². The van der Waals surface area contributed by atoms with Crippen LogP contribution in [0.1, 0.15) is 39.5 Å². The van der Waals surface area contributed by atoms with Crippen molar-refractivity contribution in [2.24, 2.45) is 5.73 Å². The number of carbonyl (C=O) groups is 3. The van der Waals surface area contributed by atoms with Gasteiger partial charge < -0.3 is 21.1 Å². The molecule has 0 bridgehead atoms. The number of nitrogens with one attached hydrogen (secondary N) is 1. The summed E-state index contributed by atoms with van der Waals surface area (Å²) in [5.41, 5.74) is 5.09. The van der Waals surface area contributed by atoms with Crippen LogP contribution in [-0.2, 0) is 9.59 Å². The van der Waals surface area contributed by atoms with Crippen LogP contribution in [0.5, 0.6) is 0 Å². The van der Waals surface area contributed by atoms with Crippen LogP contribution in [0.15, 0.2) is 0 Å². The maximum absolute atomic E-state index is 11.9. The molecule has 0 aromatic rings. The summed E-state index contributed by atoms with van der Waals surface area (Å²) < 4.78 is 0. The third-order valence-corrected chi connectivity index (χ3v) is 2.66. The fraction of sp³-hybridized carbons (Fsp3) is 0.750. The van der Waals surface area contributed by atoms with Gasteiger partial charge in [0.2, 0.25) is 5.91 Å². The van der Waals surface area contributed by atoms with Crippen LogP contribution in [0.3, 0.4) is 0 Å². The van der Waals surface area contributed by atoms with Crippen LogP contribution in [-0.4, -0.2) is 47.0 Å². The molecule has 0 heterocycles. The first-order chi connectivity index (χ1) is 8.90. The molecule has 0 fully saturated rings. The summed E-state index contributed by atoms with van der Waals surface area (Å²) in [4.78, 5) is 34.8. The predicted molar refractivity (Wildman–Crippen MR) is 70.5 cm³/mol. The summed E-state index contributed by atoms with van der Waals surface area (Å²) in [5, 5.41) is 11.3. The molecule has 19 heavy (non-hydrogen) atoms. The highest BCUT2D eigenvalue weighted by Gasteiger charge is 2.19. The third-order valence-electron chi connectivity index (χ3n) is 2.66. The Balaban J connectivity index is 4.50. The molecule has 1 atom stereocenters. The number of carbonyl (C=O) groups excluding carboxylic acids is 2. The van der Waals surface area contributed by atoms with Gasteiger partial charge in [0, 0.05) is 12.6 Å². The van der Waals surface area contributed by atoms with Gasteiger partial charge in [-0.15, -0.1) is 0 Å². The highest BCUT2D eigenvalue weighted by Crippen LogP contribution is 2.01. The summed E-state index contributed by atoms with van der Waals surface area (Å²) in [6, 6.07) is -0.887. The van der Waals surface area contributed by atoms with E-state index in [9.17, 15) is 14.4 Å². The quantitative estimate of drug-likeness (QED) is 0.569. The number of rotatable bonds is 9. The zero-order valence-corrected chi connectivity index (χ0v) is 11.5. The van der Waals surface area contributed by atoms with Gasteiger partial charge in [-0.1, -0.05) is 20.3 Å². The van der Waals surface area contributed by atoms with Gasteiger partial charge in [-0.2, -0.15) is 0 Å². The number of nitrogens with two attached hydrogens (primary N) is 1. The Labute approximate surface area is 113 Å². The van der Waals surface area contributed by atoms with E-state index in [1.807, 2.05) is 6.92 Å². The molecule has 0 saturated heterocycles. The molecule has 4 N–H and O–H groups in total. The van der Waals surface area contributed by atoms with Gasteiger partial charge in [-0.05, 0) is 12.8 Å². The van der Waals surface area contributed by atoms with Crippen molar-refractivity contribution in [3.8, 4) is 0 Å². The number of hydrogen-bond donors (Lipinski definition) is 3. The number of nitrogens with zero attached hydrogens (tertiary/aromatic N) is 1. The number of carboxylic acids is 1. The largest absolute Gasteiger partial charge is 0.481 e. The third kappa shape index (κ3) is 8.01. The first-order valence-corrected chi connectivity index (χ1v) is 6.46. The van der Waals surface area contributed by atoms with Crippen molar-refractivity contribution in [3.63, 3.8) is 0 Å². The normalized spacial score (nSPS) is 11.7. The number of hydrogen-bond acceptors (Lipinski definition) is 3. The molecule has 0 aliphatic rings. The lowest BCUT2D eigenvalue weighted by molar-refractivity contribution is -0.137. The van der Waals surface area contributed by atoms with E-state index in [1.165, 1.54) is 4.90 Å². The molecule has 0 aromatic heterocycles. The first kappa shape index (κ1) is 17.2. The van der Waals surface area contributed by atoms with Gasteiger partial charge in [0.25, 0.3) is 0 Å². The second kappa shape index (κ2) is 9.18. The molecule has 0 spiro atoms. The van der Waals surface area contributed by atoms with Gasteiger partial charge in [0.05, 0.1) is 6.42 Å². The van der Waals surface area contributed by atoms with Crippen molar-refractivity contribution < 1.29 is 19.5 Å². The molecule has 0 saturated carbocycles. The van der Waals surface area contributed by atoms with E-state index < -0.39 is 23.9 Å². The van der Waals surface area contributed by atoms with E-state index in [2.05, 4.69) is 5.32 Å². The maximum Gasteiger partial charge on any atom is 0.318 e. The van der Waals surface area contributed by atoms with Crippen LogP contribution in [0.4, 0.5) is 4.79 Å². The zero-order chi connectivity index (χ0) is 14.8. The lowest BCUT2D eigenvalue weighted by Crippen LogP contribution is -2.48. The molecular formula is C12H23N3O4. The second-order valence-corrected chi connectivity index (χ2v) is 4.39. The average molecular weight is 273 g/mol. The number of amides is 3. The van der Waals surface area contributed by atoms with E-state index in [0.717, 1.165) is 12.8 Å². The van der Waals surface area contributed by atoms with Crippen LogP contribution < -0.4 is 11.1 Å². The highest BCUT2D eigenvalue weighted by molar-refractivity contribution is 5.83. The highest BCUT2D eigenvalue weighted by atomic mass is 16.4.